The van der Waals surface area contributed by atoms with Crippen LogP contribution in [0.1, 0.15) is 28.0 Å². The summed E-state index contributed by atoms with van der Waals surface area (Å²) < 4.78 is 6.61. The molecule has 3 heterocycles. The predicted molar refractivity (Wildman–Crippen MR) is 114 cm³/mol. The van der Waals surface area contributed by atoms with Crippen molar-refractivity contribution in [2.75, 3.05) is 26.7 Å². The first-order chi connectivity index (χ1) is 15.0. The monoisotopic (exact) mass is 440 g/mol. The second kappa shape index (κ2) is 8.73. The zero-order chi connectivity index (χ0) is 22.0. The summed E-state index contributed by atoms with van der Waals surface area (Å²) in [7, 11) is 1.51. The molecule has 2 aromatic heterocycles. The number of nitrogens with zero attached hydrogens (tertiary/aromatic N) is 6. The average Bonchev–Trinajstić information content (AvgIpc) is 3.28. The SMILES string of the molecule is COc1cccc(C(=O)N2CCN(C(=O)c3ncn(-c4cccc(Cl)c4)n3)CC2C)n1. The van der Waals surface area contributed by atoms with Crippen LogP contribution in [-0.4, -0.2) is 74.1 Å². The Kier molecular flexibility index (Phi) is 5.85. The molecular weight excluding hydrogens is 420 g/mol. The molecule has 1 aliphatic rings. The molecule has 160 valence electrons. The van der Waals surface area contributed by atoms with Crippen LogP contribution in [0.5, 0.6) is 5.88 Å². The average molecular weight is 441 g/mol. The van der Waals surface area contributed by atoms with Crippen LogP contribution in [0.25, 0.3) is 5.69 Å². The number of amides is 2. The van der Waals surface area contributed by atoms with Gasteiger partial charge in [-0.25, -0.2) is 14.6 Å². The van der Waals surface area contributed by atoms with Crippen molar-refractivity contribution in [2.45, 2.75) is 13.0 Å². The van der Waals surface area contributed by atoms with E-state index >= 15 is 0 Å². The van der Waals surface area contributed by atoms with Gasteiger partial charge in [0.1, 0.15) is 12.0 Å². The molecule has 0 N–H and O–H groups in total. The number of ether oxygens (including phenoxy) is 1. The molecule has 0 aliphatic carbocycles. The normalized spacial score (nSPS) is 16.3. The van der Waals surface area contributed by atoms with Crippen molar-refractivity contribution < 1.29 is 14.3 Å². The molecule has 1 aromatic carbocycles. The highest BCUT2D eigenvalue weighted by atomic mass is 35.5. The molecule has 0 spiro atoms. The fourth-order valence-electron chi connectivity index (χ4n) is 3.48. The molecule has 2 amide bonds. The number of halogens is 1. The van der Waals surface area contributed by atoms with Gasteiger partial charge in [0, 0.05) is 36.8 Å². The predicted octanol–water partition coefficient (Wildman–Crippen LogP) is 2.31. The molecule has 0 bridgehead atoms. The first kappa shape index (κ1) is 20.8. The van der Waals surface area contributed by atoms with E-state index in [2.05, 4.69) is 15.1 Å². The highest BCUT2D eigenvalue weighted by Gasteiger charge is 2.32. The van der Waals surface area contributed by atoms with Crippen molar-refractivity contribution in [3.63, 3.8) is 0 Å². The van der Waals surface area contributed by atoms with Crippen molar-refractivity contribution >= 4 is 23.4 Å². The highest BCUT2D eigenvalue weighted by molar-refractivity contribution is 6.30. The number of aromatic nitrogens is 4. The molecule has 1 saturated heterocycles. The van der Waals surface area contributed by atoms with E-state index in [1.807, 2.05) is 13.0 Å². The number of methoxy groups -OCH3 is 1. The minimum Gasteiger partial charge on any atom is -0.481 e. The molecule has 31 heavy (non-hydrogen) atoms. The lowest BCUT2D eigenvalue weighted by Gasteiger charge is -2.39. The Balaban J connectivity index is 1.44. The zero-order valence-electron chi connectivity index (χ0n) is 17.1. The van der Waals surface area contributed by atoms with Gasteiger partial charge in [-0.05, 0) is 31.2 Å². The van der Waals surface area contributed by atoms with E-state index in [-0.39, 0.29) is 23.7 Å². The number of rotatable bonds is 4. The second-order valence-corrected chi connectivity index (χ2v) is 7.59. The molecule has 4 rings (SSSR count). The Morgan fingerprint density at radius 2 is 1.94 bits per heavy atom. The van der Waals surface area contributed by atoms with Gasteiger partial charge in [-0.3, -0.25) is 9.59 Å². The summed E-state index contributed by atoms with van der Waals surface area (Å²) in [6, 6.07) is 12.0. The lowest BCUT2D eigenvalue weighted by atomic mass is 10.1. The Morgan fingerprint density at radius 3 is 2.68 bits per heavy atom. The van der Waals surface area contributed by atoms with Gasteiger partial charge in [-0.2, -0.15) is 0 Å². The number of carbonyl (C=O) groups excluding carboxylic acids is 2. The number of carbonyl (C=O) groups is 2. The molecule has 10 heteroatoms. The van der Waals surface area contributed by atoms with Gasteiger partial charge in [-0.15, -0.1) is 5.10 Å². The second-order valence-electron chi connectivity index (χ2n) is 7.16. The molecule has 0 radical (unpaired) electrons. The molecule has 1 fully saturated rings. The fourth-order valence-corrected chi connectivity index (χ4v) is 3.67. The van der Waals surface area contributed by atoms with Crippen molar-refractivity contribution in [3.8, 4) is 11.6 Å². The van der Waals surface area contributed by atoms with Crippen LogP contribution in [0.2, 0.25) is 5.02 Å². The van der Waals surface area contributed by atoms with Crippen LogP contribution in [0.3, 0.4) is 0 Å². The van der Waals surface area contributed by atoms with Crippen LogP contribution in [0.4, 0.5) is 0 Å². The maximum Gasteiger partial charge on any atom is 0.293 e. The number of benzene rings is 1. The van der Waals surface area contributed by atoms with Crippen LogP contribution in [-0.2, 0) is 0 Å². The number of hydrogen-bond donors (Lipinski definition) is 0. The van der Waals surface area contributed by atoms with Crippen molar-refractivity contribution in [1.82, 2.24) is 29.5 Å². The van der Waals surface area contributed by atoms with E-state index in [1.54, 1.807) is 46.2 Å². The number of piperazine rings is 1. The van der Waals surface area contributed by atoms with Crippen molar-refractivity contribution in [1.29, 1.82) is 0 Å². The zero-order valence-corrected chi connectivity index (χ0v) is 17.9. The molecule has 1 atom stereocenters. The molecule has 1 aliphatic heterocycles. The van der Waals surface area contributed by atoms with Gasteiger partial charge in [0.05, 0.1) is 12.8 Å². The summed E-state index contributed by atoms with van der Waals surface area (Å²) in [5.41, 5.74) is 1.03. The first-order valence-corrected chi connectivity index (χ1v) is 10.1. The van der Waals surface area contributed by atoms with E-state index in [4.69, 9.17) is 16.3 Å². The Morgan fingerprint density at radius 1 is 1.13 bits per heavy atom. The summed E-state index contributed by atoms with van der Waals surface area (Å²) in [5.74, 6) is 0.0104. The molecular formula is C21H21ClN6O3. The largest absolute Gasteiger partial charge is 0.481 e. The maximum atomic E-state index is 12.9. The van der Waals surface area contributed by atoms with E-state index in [9.17, 15) is 9.59 Å². The highest BCUT2D eigenvalue weighted by Crippen LogP contribution is 2.17. The van der Waals surface area contributed by atoms with E-state index in [0.29, 0.717) is 41.9 Å². The van der Waals surface area contributed by atoms with E-state index in [0.717, 1.165) is 0 Å². The third kappa shape index (κ3) is 4.36. The molecule has 0 saturated carbocycles. The van der Waals surface area contributed by atoms with Gasteiger partial charge in [0.2, 0.25) is 11.7 Å². The smallest absolute Gasteiger partial charge is 0.293 e. The number of pyridine rings is 1. The van der Waals surface area contributed by atoms with Gasteiger partial charge in [0.25, 0.3) is 11.8 Å². The quantitative estimate of drug-likeness (QED) is 0.618. The maximum absolute atomic E-state index is 12.9. The lowest BCUT2D eigenvalue weighted by molar-refractivity contribution is 0.0404. The van der Waals surface area contributed by atoms with Crippen LogP contribution < -0.4 is 4.74 Å². The Hall–Kier alpha value is -3.46. The van der Waals surface area contributed by atoms with Crippen LogP contribution in [0, 0.1) is 0 Å². The third-order valence-corrected chi connectivity index (χ3v) is 5.32. The Labute approximate surface area is 184 Å². The summed E-state index contributed by atoms with van der Waals surface area (Å²) >= 11 is 6.02. The standard InChI is InChI=1S/C21H21ClN6O3/c1-14-12-26(9-10-27(14)20(29)17-7-4-8-18(24-17)31-2)21(30)19-23-13-28(25-19)16-6-3-5-15(22)11-16/h3-8,11,13-14H,9-10,12H2,1-2H3. The molecule has 9 nitrogen and oxygen atoms in total. The van der Waals surface area contributed by atoms with Crippen molar-refractivity contribution in [2.24, 2.45) is 0 Å². The lowest BCUT2D eigenvalue weighted by Crippen LogP contribution is -2.55. The third-order valence-electron chi connectivity index (χ3n) is 5.08. The molecule has 1 unspecified atom stereocenters. The van der Waals surface area contributed by atoms with Gasteiger partial charge >= 0.3 is 0 Å². The van der Waals surface area contributed by atoms with Crippen LogP contribution in [0.15, 0.2) is 48.8 Å². The first-order valence-electron chi connectivity index (χ1n) is 9.75. The summed E-state index contributed by atoms with van der Waals surface area (Å²) in [6.07, 6.45) is 1.48. The summed E-state index contributed by atoms with van der Waals surface area (Å²) in [5, 5.41) is 4.86. The van der Waals surface area contributed by atoms with Crippen molar-refractivity contribution in [3.05, 3.63) is 65.3 Å². The minimum atomic E-state index is -0.278. The minimum absolute atomic E-state index is 0.0985. The van der Waals surface area contributed by atoms with E-state index < -0.39 is 0 Å². The van der Waals surface area contributed by atoms with E-state index in [1.165, 1.54) is 18.1 Å². The topological polar surface area (TPSA) is 93.5 Å². The fraction of sp³-hybridized carbons (Fsp3) is 0.286. The van der Waals surface area contributed by atoms with Crippen LogP contribution >= 0.6 is 11.6 Å². The Bertz CT molecular complexity index is 1120. The molecule has 3 aromatic rings. The van der Waals surface area contributed by atoms with Gasteiger partial charge in [-0.1, -0.05) is 23.7 Å². The summed E-state index contributed by atoms with van der Waals surface area (Å²) in [4.78, 5) is 37.5. The van der Waals surface area contributed by atoms with Gasteiger partial charge in [0.15, 0.2) is 0 Å². The summed E-state index contributed by atoms with van der Waals surface area (Å²) in [6.45, 7) is 3.04. The number of hydrogen-bond acceptors (Lipinski definition) is 6. The van der Waals surface area contributed by atoms with Gasteiger partial charge < -0.3 is 14.5 Å².